The molecule has 0 atom stereocenters. The van der Waals surface area contributed by atoms with Crippen molar-refractivity contribution in [3.63, 3.8) is 0 Å². The van der Waals surface area contributed by atoms with E-state index >= 15 is 0 Å². The average Bonchev–Trinajstić information content (AvgIpc) is 3.19. The highest BCUT2D eigenvalue weighted by molar-refractivity contribution is 7.86. The molecule has 318 valence electrons. The molecule has 0 aliphatic heterocycles. The SMILES string of the molecule is Cc1cc(Cc2nc(Cc3ccc(N=Nc4ccccc4S(=O)(=O)O)cc3)nc(N(C)CC(=O)O)n2)c(OCCCS(=O)(=O)O)cc1N=Nc1cccc(C(=O)O)c1.O=C=O. The van der Waals surface area contributed by atoms with Crippen molar-refractivity contribution in [1.82, 2.24) is 15.0 Å². The topological polar surface area (TPSA) is 318 Å². The number of benzene rings is 4. The summed E-state index contributed by atoms with van der Waals surface area (Å²) < 4.78 is 70.7. The maximum atomic E-state index is 11.7. The number of nitrogens with zero attached hydrogens (tertiary/aromatic N) is 8. The molecule has 0 saturated carbocycles. The summed E-state index contributed by atoms with van der Waals surface area (Å²) >= 11 is 0. The fourth-order valence-corrected chi connectivity index (χ4v) is 6.42. The van der Waals surface area contributed by atoms with Crippen LogP contribution in [0.3, 0.4) is 0 Å². The number of carboxylic acid groups (broad SMARTS) is 2. The van der Waals surface area contributed by atoms with Crippen LogP contribution in [-0.2, 0) is 47.5 Å². The van der Waals surface area contributed by atoms with Crippen LogP contribution < -0.4 is 9.64 Å². The van der Waals surface area contributed by atoms with Gasteiger partial charge in [0.05, 0.1) is 35.0 Å². The fraction of sp³-hybridized carbons (Fsp3) is 0.211. The van der Waals surface area contributed by atoms with E-state index in [4.69, 9.17) is 14.3 Å². The van der Waals surface area contributed by atoms with Crippen molar-refractivity contribution in [2.75, 3.05) is 30.9 Å². The van der Waals surface area contributed by atoms with Crippen LogP contribution in [-0.4, -0.2) is 95.1 Å². The van der Waals surface area contributed by atoms with Gasteiger partial charge in [-0.15, -0.1) is 5.11 Å². The van der Waals surface area contributed by atoms with Gasteiger partial charge in [-0.1, -0.05) is 30.3 Å². The third-order valence-electron chi connectivity index (χ3n) is 8.04. The molecular weight excluding hydrogens is 841 g/mol. The van der Waals surface area contributed by atoms with E-state index in [0.29, 0.717) is 22.5 Å². The third kappa shape index (κ3) is 14.9. The number of aliphatic carboxylic acids is 1. The van der Waals surface area contributed by atoms with E-state index < -0.39 is 49.4 Å². The molecule has 0 fully saturated rings. The molecule has 5 rings (SSSR count). The van der Waals surface area contributed by atoms with Crippen molar-refractivity contribution in [2.24, 2.45) is 20.5 Å². The van der Waals surface area contributed by atoms with Gasteiger partial charge in [-0.2, -0.15) is 51.7 Å². The first-order valence-electron chi connectivity index (χ1n) is 17.5. The van der Waals surface area contributed by atoms with Crippen molar-refractivity contribution in [2.45, 2.75) is 31.1 Å². The summed E-state index contributed by atoms with van der Waals surface area (Å²) in [6.45, 7) is 1.24. The molecule has 0 spiro atoms. The van der Waals surface area contributed by atoms with Crippen LogP contribution in [0.15, 0.2) is 110 Å². The Kier molecular flexibility index (Phi) is 16.2. The van der Waals surface area contributed by atoms with Gasteiger partial charge in [0.15, 0.2) is 0 Å². The zero-order valence-electron chi connectivity index (χ0n) is 32.2. The summed E-state index contributed by atoms with van der Waals surface area (Å²) in [7, 11) is -7.25. The normalized spacial score (nSPS) is 11.5. The Bertz CT molecular complexity index is 2710. The number of aromatic nitrogens is 3. The van der Waals surface area contributed by atoms with Gasteiger partial charge >= 0.3 is 18.1 Å². The van der Waals surface area contributed by atoms with Gasteiger partial charge in [-0.05, 0) is 73.0 Å². The van der Waals surface area contributed by atoms with Crippen LogP contribution >= 0.6 is 0 Å². The van der Waals surface area contributed by atoms with Crippen LogP contribution in [0.4, 0.5) is 28.7 Å². The molecule has 0 aliphatic rings. The summed E-state index contributed by atoms with van der Waals surface area (Å²) in [6.07, 6.45) is 0.427. The molecule has 5 aromatic rings. The maximum absolute atomic E-state index is 11.7. The van der Waals surface area contributed by atoms with Gasteiger partial charge in [0.1, 0.15) is 34.5 Å². The molecule has 21 nitrogen and oxygen atoms in total. The second kappa shape index (κ2) is 21.2. The zero-order chi connectivity index (χ0) is 44.7. The Labute approximate surface area is 348 Å². The smallest absolute Gasteiger partial charge is 0.373 e. The maximum Gasteiger partial charge on any atom is 0.373 e. The summed E-state index contributed by atoms with van der Waals surface area (Å²) in [5, 5.41) is 35.3. The van der Waals surface area contributed by atoms with Gasteiger partial charge in [-0.25, -0.2) is 9.78 Å². The Morgan fingerprint density at radius 3 is 2.05 bits per heavy atom. The monoisotopic (exact) mass is 876 g/mol. The summed E-state index contributed by atoms with van der Waals surface area (Å²) in [5.74, 6) is -1.92. The van der Waals surface area contributed by atoms with E-state index in [2.05, 4.69) is 35.4 Å². The van der Waals surface area contributed by atoms with E-state index in [1.807, 2.05) is 0 Å². The number of ether oxygens (including phenoxy) is 1. The number of azo groups is 2. The van der Waals surface area contributed by atoms with Crippen LogP contribution in [0.1, 0.15) is 45.1 Å². The average molecular weight is 877 g/mol. The fourth-order valence-electron chi connectivity index (χ4n) is 5.31. The van der Waals surface area contributed by atoms with Crippen molar-refractivity contribution in [1.29, 1.82) is 0 Å². The second-order valence-electron chi connectivity index (χ2n) is 12.8. The minimum atomic E-state index is -4.52. The number of hydrogen-bond acceptors (Lipinski definition) is 17. The summed E-state index contributed by atoms with van der Waals surface area (Å²) in [6, 6.07) is 21.5. The first kappa shape index (κ1) is 46.5. The number of likely N-dealkylation sites (N-methyl/N-ethyl adjacent to an activating group) is 1. The predicted octanol–water partition coefficient (Wildman–Crippen LogP) is 5.73. The molecular formula is C38H36N8O13S2. The van der Waals surface area contributed by atoms with E-state index in [9.17, 15) is 45.7 Å². The molecule has 0 radical (unpaired) electrons. The van der Waals surface area contributed by atoms with Crippen LogP contribution in [0.5, 0.6) is 5.75 Å². The van der Waals surface area contributed by atoms with Crippen molar-refractivity contribution >= 4 is 67.0 Å². The molecule has 23 heteroatoms. The molecule has 4 aromatic carbocycles. The van der Waals surface area contributed by atoms with Crippen molar-refractivity contribution < 1.29 is 60.1 Å². The number of aryl methyl sites for hydroxylation is 1. The zero-order valence-corrected chi connectivity index (χ0v) is 33.8. The quantitative estimate of drug-likeness (QED) is 0.0464. The largest absolute Gasteiger partial charge is 0.493 e. The number of rotatable bonds is 18. The third-order valence-corrected chi connectivity index (χ3v) is 9.75. The van der Waals surface area contributed by atoms with E-state index in [1.165, 1.54) is 48.3 Å². The minimum Gasteiger partial charge on any atom is -0.493 e. The minimum absolute atomic E-state index is 0.0259. The molecule has 4 N–H and O–H groups in total. The van der Waals surface area contributed by atoms with Gasteiger partial charge in [0, 0.05) is 31.5 Å². The lowest BCUT2D eigenvalue weighted by Gasteiger charge is -2.17. The lowest BCUT2D eigenvalue weighted by atomic mass is 10.1. The molecule has 0 amide bonds. The first-order chi connectivity index (χ1) is 28.8. The molecule has 0 bridgehead atoms. The lowest BCUT2D eigenvalue weighted by Crippen LogP contribution is -2.28. The molecule has 0 saturated heterocycles. The summed E-state index contributed by atoms with van der Waals surface area (Å²) in [5.41, 5.74) is 2.91. The van der Waals surface area contributed by atoms with Gasteiger partial charge in [-0.3, -0.25) is 13.9 Å². The Hall–Kier alpha value is -7.17. The van der Waals surface area contributed by atoms with Crippen molar-refractivity contribution in [3.05, 3.63) is 119 Å². The van der Waals surface area contributed by atoms with Crippen LogP contribution in [0, 0.1) is 6.92 Å². The molecule has 0 aliphatic carbocycles. The number of carbonyl (C=O) groups is 2. The van der Waals surface area contributed by atoms with Crippen LogP contribution in [0.2, 0.25) is 0 Å². The standard InChI is InChI=1S/C37H36N8O11S2.CO2/c1-23-17-26(31(56-15-6-16-57(50,51)52)21-30(23)44-42-28-8-5-7-25(19-28)36(48)49)20-34-38-33(39-37(40-34)45(2)22-35(46)47)18-24-11-13-27(14-12-24)41-43-29-9-3-4-10-32(29)58(53,54)55;2-1-3/h3-5,7-14,17,19,21H,6,15-16,18,20,22H2,1-2H3,(H,46,47)(H,48,49)(H,50,51,52)(H,53,54,55);. The van der Waals surface area contributed by atoms with E-state index in [0.717, 1.165) is 5.56 Å². The number of carboxylic acids is 2. The van der Waals surface area contributed by atoms with Gasteiger partial charge < -0.3 is 19.8 Å². The number of anilines is 1. The highest BCUT2D eigenvalue weighted by atomic mass is 32.2. The number of hydrogen-bond donors (Lipinski definition) is 4. The van der Waals surface area contributed by atoms with E-state index in [-0.39, 0.29) is 72.3 Å². The van der Waals surface area contributed by atoms with Gasteiger partial charge in [0.25, 0.3) is 20.2 Å². The number of carbonyl (C=O) groups excluding carboxylic acids is 2. The Balaban J connectivity index is 0.00000265. The molecule has 1 aromatic heterocycles. The summed E-state index contributed by atoms with van der Waals surface area (Å²) in [4.78, 5) is 53.9. The predicted molar refractivity (Wildman–Crippen MR) is 214 cm³/mol. The lowest BCUT2D eigenvalue weighted by molar-refractivity contribution is -0.191. The first-order valence-corrected chi connectivity index (χ1v) is 20.6. The molecule has 1 heterocycles. The van der Waals surface area contributed by atoms with Crippen LogP contribution in [0.25, 0.3) is 0 Å². The highest BCUT2D eigenvalue weighted by Gasteiger charge is 2.18. The molecule has 61 heavy (non-hydrogen) atoms. The second-order valence-corrected chi connectivity index (χ2v) is 15.7. The van der Waals surface area contributed by atoms with Crippen molar-refractivity contribution in [3.8, 4) is 5.75 Å². The Morgan fingerprint density at radius 2 is 1.41 bits per heavy atom. The number of aromatic carboxylic acids is 1. The van der Waals surface area contributed by atoms with E-state index in [1.54, 1.807) is 55.5 Å². The molecule has 0 unspecified atom stereocenters. The Morgan fingerprint density at radius 1 is 0.770 bits per heavy atom. The highest BCUT2D eigenvalue weighted by Crippen LogP contribution is 2.33. The van der Waals surface area contributed by atoms with Gasteiger partial charge in [0.2, 0.25) is 5.95 Å².